The van der Waals surface area contributed by atoms with Crippen LogP contribution < -0.4 is 10.1 Å². The number of hydrogen-bond acceptors (Lipinski definition) is 3. The molecule has 1 aromatic heterocycles. The Morgan fingerprint density at radius 1 is 1.26 bits per heavy atom. The highest BCUT2D eigenvalue weighted by molar-refractivity contribution is 6.03. The van der Waals surface area contributed by atoms with E-state index in [-0.39, 0.29) is 5.91 Å². The molecule has 4 nitrogen and oxygen atoms in total. The second-order valence-corrected chi connectivity index (χ2v) is 5.50. The van der Waals surface area contributed by atoms with Crippen molar-refractivity contribution in [2.45, 2.75) is 34.1 Å². The Balaban J connectivity index is 2.19. The minimum atomic E-state index is -0.102. The highest BCUT2D eigenvalue weighted by Gasteiger charge is 2.08. The molecule has 2 aromatic rings. The van der Waals surface area contributed by atoms with Crippen molar-refractivity contribution >= 4 is 11.6 Å². The molecule has 23 heavy (non-hydrogen) atoms. The molecule has 120 valence electrons. The number of allylic oxidation sites excluding steroid dienone is 1. The van der Waals surface area contributed by atoms with Crippen LogP contribution in [0.2, 0.25) is 0 Å². The van der Waals surface area contributed by atoms with Gasteiger partial charge in [0, 0.05) is 29.6 Å². The van der Waals surface area contributed by atoms with Gasteiger partial charge >= 0.3 is 0 Å². The number of hydrogen-bond donors (Lipinski definition) is 1. The zero-order valence-electron chi connectivity index (χ0n) is 14.0. The van der Waals surface area contributed by atoms with E-state index < -0.39 is 0 Å². The molecule has 4 heteroatoms. The Hall–Kier alpha value is -2.62. The van der Waals surface area contributed by atoms with Gasteiger partial charge in [-0.25, -0.2) is 4.98 Å². The molecule has 1 N–H and O–H groups in total. The van der Waals surface area contributed by atoms with Crippen LogP contribution in [0.15, 0.2) is 48.2 Å². The first-order valence-corrected chi connectivity index (χ1v) is 7.69. The van der Waals surface area contributed by atoms with Crippen molar-refractivity contribution in [2.24, 2.45) is 0 Å². The molecule has 0 spiro atoms. The average molecular weight is 310 g/mol. The van der Waals surface area contributed by atoms with Crippen LogP contribution in [0.1, 0.15) is 31.4 Å². The van der Waals surface area contributed by atoms with E-state index >= 15 is 0 Å². The highest BCUT2D eigenvalue weighted by atomic mass is 16.5. The maximum Gasteiger partial charge on any atom is 0.250 e. The smallest absolute Gasteiger partial charge is 0.250 e. The summed E-state index contributed by atoms with van der Waals surface area (Å²) in [6.07, 6.45) is 4.45. The lowest BCUT2D eigenvalue weighted by atomic mass is 10.2. The standard InChI is InChI=1S/C19H22N2O2/c1-5-6-15(4)19(22)21-16-8-7-14(3)17(12-16)23-18-11-13(2)9-10-20-18/h6-12H,5H2,1-4H3,(H,21,22)/b15-6+. The molecule has 2 rings (SSSR count). The van der Waals surface area contributed by atoms with Crippen LogP contribution >= 0.6 is 0 Å². The summed E-state index contributed by atoms with van der Waals surface area (Å²) in [6, 6.07) is 9.39. The van der Waals surface area contributed by atoms with Gasteiger partial charge in [0.05, 0.1) is 0 Å². The zero-order chi connectivity index (χ0) is 16.8. The monoisotopic (exact) mass is 310 g/mol. The predicted molar refractivity (Wildman–Crippen MR) is 92.9 cm³/mol. The first kappa shape index (κ1) is 16.7. The van der Waals surface area contributed by atoms with Crippen molar-refractivity contribution in [3.8, 4) is 11.6 Å². The molecule has 1 amide bonds. The predicted octanol–water partition coefficient (Wildman–Crippen LogP) is 4.79. The SMILES string of the molecule is CC/C=C(\C)C(=O)Nc1ccc(C)c(Oc2cc(C)ccn2)c1. The minimum Gasteiger partial charge on any atom is -0.439 e. The number of amides is 1. The van der Waals surface area contributed by atoms with Crippen molar-refractivity contribution in [2.75, 3.05) is 5.32 Å². The lowest BCUT2D eigenvalue weighted by Gasteiger charge is -2.11. The Morgan fingerprint density at radius 2 is 2.04 bits per heavy atom. The third kappa shape index (κ3) is 4.68. The van der Waals surface area contributed by atoms with E-state index in [1.165, 1.54) is 0 Å². The normalized spacial score (nSPS) is 11.2. The second-order valence-electron chi connectivity index (χ2n) is 5.50. The van der Waals surface area contributed by atoms with Crippen molar-refractivity contribution in [1.29, 1.82) is 0 Å². The van der Waals surface area contributed by atoms with E-state index in [1.807, 2.05) is 57.2 Å². The second kappa shape index (κ2) is 7.58. The quantitative estimate of drug-likeness (QED) is 0.808. The van der Waals surface area contributed by atoms with Crippen molar-refractivity contribution in [1.82, 2.24) is 4.98 Å². The maximum absolute atomic E-state index is 12.1. The first-order chi connectivity index (χ1) is 11.0. The highest BCUT2D eigenvalue weighted by Crippen LogP contribution is 2.27. The van der Waals surface area contributed by atoms with Crippen LogP contribution in [0, 0.1) is 13.8 Å². The van der Waals surface area contributed by atoms with E-state index in [0.717, 1.165) is 17.5 Å². The van der Waals surface area contributed by atoms with Gasteiger partial charge in [-0.05, 0) is 50.5 Å². The summed E-state index contributed by atoms with van der Waals surface area (Å²) in [4.78, 5) is 16.3. The summed E-state index contributed by atoms with van der Waals surface area (Å²) in [5.74, 6) is 1.12. The molecular formula is C19H22N2O2. The molecule has 0 saturated heterocycles. The fraction of sp³-hybridized carbons (Fsp3) is 0.263. The number of aromatic nitrogens is 1. The lowest BCUT2D eigenvalue weighted by Crippen LogP contribution is -2.12. The number of rotatable bonds is 5. The molecule has 0 saturated carbocycles. The van der Waals surface area contributed by atoms with Crippen LogP contribution in [0.4, 0.5) is 5.69 Å². The van der Waals surface area contributed by atoms with E-state index in [1.54, 1.807) is 13.1 Å². The van der Waals surface area contributed by atoms with Crippen molar-refractivity contribution < 1.29 is 9.53 Å². The summed E-state index contributed by atoms with van der Waals surface area (Å²) in [5, 5.41) is 2.88. The van der Waals surface area contributed by atoms with Gasteiger partial charge in [0.15, 0.2) is 0 Å². The van der Waals surface area contributed by atoms with Crippen LogP contribution in [0.3, 0.4) is 0 Å². The fourth-order valence-electron chi connectivity index (χ4n) is 2.09. The number of carbonyl (C=O) groups excluding carboxylic acids is 1. The number of carbonyl (C=O) groups is 1. The Kier molecular flexibility index (Phi) is 5.52. The molecule has 0 aliphatic heterocycles. The van der Waals surface area contributed by atoms with E-state index in [0.29, 0.717) is 22.9 Å². The summed E-state index contributed by atoms with van der Waals surface area (Å²) < 4.78 is 5.84. The Morgan fingerprint density at radius 3 is 2.74 bits per heavy atom. The van der Waals surface area contributed by atoms with Gasteiger partial charge in [-0.15, -0.1) is 0 Å². The topological polar surface area (TPSA) is 51.2 Å². The molecule has 0 aliphatic rings. The molecule has 0 atom stereocenters. The number of benzene rings is 1. The maximum atomic E-state index is 12.1. The van der Waals surface area contributed by atoms with Gasteiger partial charge in [-0.2, -0.15) is 0 Å². The number of ether oxygens (including phenoxy) is 1. The van der Waals surface area contributed by atoms with Crippen LogP contribution in [0.5, 0.6) is 11.6 Å². The zero-order valence-corrected chi connectivity index (χ0v) is 14.0. The third-order valence-corrected chi connectivity index (χ3v) is 3.42. The molecule has 0 fully saturated rings. The largest absolute Gasteiger partial charge is 0.439 e. The van der Waals surface area contributed by atoms with Crippen LogP contribution in [-0.4, -0.2) is 10.9 Å². The number of pyridine rings is 1. The van der Waals surface area contributed by atoms with Crippen molar-refractivity contribution in [3.05, 3.63) is 59.3 Å². The molecule has 1 heterocycles. The minimum absolute atomic E-state index is 0.102. The summed E-state index contributed by atoms with van der Waals surface area (Å²) in [7, 11) is 0. The number of nitrogens with one attached hydrogen (secondary N) is 1. The van der Waals surface area contributed by atoms with E-state index in [2.05, 4.69) is 10.3 Å². The van der Waals surface area contributed by atoms with Gasteiger partial charge < -0.3 is 10.1 Å². The van der Waals surface area contributed by atoms with Crippen LogP contribution in [0.25, 0.3) is 0 Å². The van der Waals surface area contributed by atoms with Gasteiger partial charge in [-0.3, -0.25) is 4.79 Å². The van der Waals surface area contributed by atoms with Crippen molar-refractivity contribution in [3.63, 3.8) is 0 Å². The van der Waals surface area contributed by atoms with Gasteiger partial charge in [0.2, 0.25) is 5.88 Å². The Labute approximate surface area is 137 Å². The third-order valence-electron chi connectivity index (χ3n) is 3.42. The Bertz CT molecular complexity index is 736. The van der Waals surface area contributed by atoms with Gasteiger partial charge in [0.1, 0.15) is 5.75 Å². The molecule has 0 aliphatic carbocycles. The van der Waals surface area contributed by atoms with Crippen LogP contribution in [-0.2, 0) is 4.79 Å². The first-order valence-electron chi connectivity index (χ1n) is 7.69. The lowest BCUT2D eigenvalue weighted by molar-refractivity contribution is -0.112. The fourth-order valence-corrected chi connectivity index (χ4v) is 2.09. The average Bonchev–Trinajstić information content (AvgIpc) is 2.51. The van der Waals surface area contributed by atoms with E-state index in [4.69, 9.17) is 4.74 Å². The molecular weight excluding hydrogens is 288 g/mol. The summed E-state index contributed by atoms with van der Waals surface area (Å²) >= 11 is 0. The summed E-state index contributed by atoms with van der Waals surface area (Å²) in [6.45, 7) is 7.75. The van der Waals surface area contributed by atoms with Gasteiger partial charge in [0.25, 0.3) is 5.91 Å². The molecule has 0 radical (unpaired) electrons. The number of nitrogens with zero attached hydrogens (tertiary/aromatic N) is 1. The number of anilines is 1. The van der Waals surface area contributed by atoms with E-state index in [9.17, 15) is 4.79 Å². The molecule has 0 unspecified atom stereocenters. The van der Waals surface area contributed by atoms with Gasteiger partial charge in [-0.1, -0.05) is 19.1 Å². The summed E-state index contributed by atoms with van der Waals surface area (Å²) in [5.41, 5.74) is 3.47. The number of aryl methyl sites for hydroxylation is 2. The molecule has 1 aromatic carbocycles. The molecule has 0 bridgehead atoms.